The number of hydrogen-bond acceptors (Lipinski definition) is 2. The van der Waals surface area contributed by atoms with E-state index in [1.54, 1.807) is 0 Å². The van der Waals surface area contributed by atoms with Gasteiger partial charge in [0.2, 0.25) is 0 Å². The van der Waals surface area contributed by atoms with Crippen molar-refractivity contribution in [2.45, 2.75) is 47.0 Å². The third-order valence-electron chi connectivity index (χ3n) is 3.12. The molecule has 0 bridgehead atoms. The highest BCUT2D eigenvalue weighted by molar-refractivity contribution is 5.29. The first-order chi connectivity index (χ1) is 5.87. The fourth-order valence-electron chi connectivity index (χ4n) is 1.69. The van der Waals surface area contributed by atoms with Gasteiger partial charge in [-0.05, 0) is 25.2 Å². The summed E-state index contributed by atoms with van der Waals surface area (Å²) in [6.07, 6.45) is 0. The number of rotatable bonds is 2. The molecule has 1 heterocycles. The number of hydrogen-bond donors (Lipinski definition) is 0. The molecule has 1 aromatic heterocycles. The van der Waals surface area contributed by atoms with E-state index in [1.807, 2.05) is 13.8 Å². The Kier molecular flexibility index (Phi) is 2.51. The normalized spacial score (nSPS) is 12.5. The summed E-state index contributed by atoms with van der Waals surface area (Å²) in [6, 6.07) is 0. The predicted octanol–water partition coefficient (Wildman–Crippen LogP) is 3.23. The molecular weight excluding hydrogens is 162 g/mol. The Labute approximate surface area is 80.3 Å². The summed E-state index contributed by atoms with van der Waals surface area (Å²) in [6.45, 7) is 12.9. The molecule has 74 valence electrons. The molecular formula is C11H19NO. The summed E-state index contributed by atoms with van der Waals surface area (Å²) in [5.41, 5.74) is 2.44. The zero-order valence-corrected chi connectivity index (χ0v) is 9.43. The molecule has 0 N–H and O–H groups in total. The lowest BCUT2D eigenvalue weighted by molar-refractivity contribution is 0.355. The van der Waals surface area contributed by atoms with Crippen LogP contribution in [-0.2, 0) is 5.41 Å². The van der Waals surface area contributed by atoms with Crippen molar-refractivity contribution in [1.82, 2.24) is 5.16 Å². The maximum atomic E-state index is 5.18. The molecule has 13 heavy (non-hydrogen) atoms. The Morgan fingerprint density at radius 2 is 1.77 bits per heavy atom. The molecule has 1 rings (SSSR count). The van der Waals surface area contributed by atoms with E-state index >= 15 is 0 Å². The summed E-state index contributed by atoms with van der Waals surface area (Å²) < 4.78 is 5.18. The molecule has 2 nitrogen and oxygen atoms in total. The molecule has 0 fully saturated rings. The largest absolute Gasteiger partial charge is 0.361 e. The maximum Gasteiger partial charge on any atom is 0.137 e. The summed E-state index contributed by atoms with van der Waals surface area (Å²) in [4.78, 5) is 0. The van der Waals surface area contributed by atoms with Gasteiger partial charge in [0.1, 0.15) is 5.76 Å². The quantitative estimate of drug-likeness (QED) is 0.700. The zero-order valence-electron chi connectivity index (χ0n) is 9.43. The molecule has 0 saturated heterocycles. The van der Waals surface area contributed by atoms with Crippen molar-refractivity contribution in [2.75, 3.05) is 0 Å². The van der Waals surface area contributed by atoms with Crippen molar-refractivity contribution in [1.29, 1.82) is 0 Å². The van der Waals surface area contributed by atoms with Gasteiger partial charge < -0.3 is 4.52 Å². The summed E-state index contributed by atoms with van der Waals surface area (Å²) in [7, 11) is 0. The summed E-state index contributed by atoms with van der Waals surface area (Å²) in [5.74, 6) is 1.54. The fraction of sp³-hybridized carbons (Fsp3) is 0.727. The molecule has 0 aromatic carbocycles. The molecule has 0 atom stereocenters. The number of aromatic nitrogens is 1. The van der Waals surface area contributed by atoms with Crippen molar-refractivity contribution >= 4 is 0 Å². The lowest BCUT2D eigenvalue weighted by Gasteiger charge is -2.29. The molecule has 0 aliphatic carbocycles. The molecule has 0 radical (unpaired) electrons. The Balaban J connectivity index is 3.20. The first-order valence-corrected chi connectivity index (χ1v) is 4.80. The van der Waals surface area contributed by atoms with Gasteiger partial charge in [-0.25, -0.2) is 0 Å². The van der Waals surface area contributed by atoms with Crippen LogP contribution in [0.1, 0.15) is 44.7 Å². The highest BCUT2D eigenvalue weighted by Crippen LogP contribution is 2.35. The molecule has 0 aliphatic heterocycles. The van der Waals surface area contributed by atoms with E-state index in [-0.39, 0.29) is 5.41 Å². The van der Waals surface area contributed by atoms with Gasteiger partial charge >= 0.3 is 0 Å². The lowest BCUT2D eigenvalue weighted by atomic mass is 9.74. The van der Waals surface area contributed by atoms with Gasteiger partial charge in [-0.3, -0.25) is 0 Å². The minimum Gasteiger partial charge on any atom is -0.361 e. The standard InChI is InChI=1S/C11H19NO/c1-7(2)11(5,6)10-8(3)12-13-9(10)4/h7H,1-6H3. The molecule has 0 aliphatic rings. The van der Waals surface area contributed by atoms with Crippen LogP contribution in [-0.4, -0.2) is 5.16 Å². The monoisotopic (exact) mass is 181 g/mol. The van der Waals surface area contributed by atoms with Crippen LogP contribution in [0.4, 0.5) is 0 Å². The van der Waals surface area contributed by atoms with E-state index < -0.39 is 0 Å². The van der Waals surface area contributed by atoms with Crippen LogP contribution < -0.4 is 0 Å². The van der Waals surface area contributed by atoms with Gasteiger partial charge in [0.15, 0.2) is 0 Å². The van der Waals surface area contributed by atoms with E-state index in [0.717, 1.165) is 11.5 Å². The molecule has 0 spiro atoms. The molecule has 2 heteroatoms. The van der Waals surface area contributed by atoms with E-state index in [4.69, 9.17) is 4.52 Å². The summed E-state index contributed by atoms with van der Waals surface area (Å²) in [5, 5.41) is 3.99. The third kappa shape index (κ3) is 1.62. The Hall–Kier alpha value is -0.790. The van der Waals surface area contributed by atoms with Crippen molar-refractivity contribution in [2.24, 2.45) is 5.92 Å². The molecule has 0 saturated carbocycles. The van der Waals surface area contributed by atoms with Crippen LogP contribution >= 0.6 is 0 Å². The maximum absolute atomic E-state index is 5.18. The van der Waals surface area contributed by atoms with E-state index in [9.17, 15) is 0 Å². The van der Waals surface area contributed by atoms with Crippen LogP contribution in [0, 0.1) is 19.8 Å². The fourth-order valence-corrected chi connectivity index (χ4v) is 1.69. The van der Waals surface area contributed by atoms with Gasteiger partial charge in [0, 0.05) is 5.56 Å². The minimum atomic E-state index is 0.147. The SMILES string of the molecule is Cc1noc(C)c1C(C)(C)C(C)C. The summed E-state index contributed by atoms with van der Waals surface area (Å²) >= 11 is 0. The highest BCUT2D eigenvalue weighted by atomic mass is 16.5. The third-order valence-corrected chi connectivity index (χ3v) is 3.12. The van der Waals surface area contributed by atoms with E-state index in [0.29, 0.717) is 5.92 Å². The van der Waals surface area contributed by atoms with Crippen molar-refractivity contribution in [3.05, 3.63) is 17.0 Å². The number of aryl methyl sites for hydroxylation is 2. The molecule has 0 unspecified atom stereocenters. The van der Waals surface area contributed by atoms with Gasteiger partial charge in [-0.1, -0.05) is 32.9 Å². The van der Waals surface area contributed by atoms with Crippen molar-refractivity contribution < 1.29 is 4.52 Å². The highest BCUT2D eigenvalue weighted by Gasteiger charge is 2.30. The van der Waals surface area contributed by atoms with Gasteiger partial charge in [-0.15, -0.1) is 0 Å². The van der Waals surface area contributed by atoms with Crippen LogP contribution in [0.5, 0.6) is 0 Å². The van der Waals surface area contributed by atoms with Gasteiger partial charge in [-0.2, -0.15) is 0 Å². The van der Waals surface area contributed by atoms with Crippen molar-refractivity contribution in [3.63, 3.8) is 0 Å². The van der Waals surface area contributed by atoms with Crippen LogP contribution in [0.15, 0.2) is 4.52 Å². The topological polar surface area (TPSA) is 26.0 Å². The van der Waals surface area contributed by atoms with Crippen molar-refractivity contribution in [3.8, 4) is 0 Å². The first-order valence-electron chi connectivity index (χ1n) is 4.80. The second-order valence-corrected chi connectivity index (χ2v) is 4.58. The second-order valence-electron chi connectivity index (χ2n) is 4.58. The Morgan fingerprint density at radius 3 is 2.08 bits per heavy atom. The number of nitrogens with zero attached hydrogens (tertiary/aromatic N) is 1. The van der Waals surface area contributed by atoms with Crippen LogP contribution in [0.2, 0.25) is 0 Å². The van der Waals surface area contributed by atoms with Gasteiger partial charge in [0.25, 0.3) is 0 Å². The Morgan fingerprint density at radius 1 is 1.23 bits per heavy atom. The average molecular weight is 181 g/mol. The van der Waals surface area contributed by atoms with Crippen LogP contribution in [0.25, 0.3) is 0 Å². The minimum absolute atomic E-state index is 0.147. The first kappa shape index (κ1) is 10.3. The lowest BCUT2D eigenvalue weighted by Crippen LogP contribution is -2.25. The predicted molar refractivity (Wildman–Crippen MR) is 53.8 cm³/mol. The smallest absolute Gasteiger partial charge is 0.137 e. The van der Waals surface area contributed by atoms with E-state index in [2.05, 4.69) is 32.9 Å². The second kappa shape index (κ2) is 3.17. The van der Waals surface area contributed by atoms with Crippen LogP contribution in [0.3, 0.4) is 0 Å². The molecule has 1 aromatic rings. The average Bonchev–Trinajstić information content (AvgIpc) is 2.30. The van der Waals surface area contributed by atoms with E-state index in [1.165, 1.54) is 5.56 Å². The van der Waals surface area contributed by atoms with Gasteiger partial charge in [0.05, 0.1) is 5.69 Å². The zero-order chi connectivity index (χ0) is 10.2. The Bertz CT molecular complexity index is 278. The molecule has 0 amide bonds.